The van der Waals surface area contributed by atoms with E-state index in [0.717, 1.165) is 13.1 Å². The first-order chi connectivity index (χ1) is 9.18. The number of nitrogens with zero attached hydrogens (tertiary/aromatic N) is 1. The first kappa shape index (κ1) is 17.1. The summed E-state index contributed by atoms with van der Waals surface area (Å²) in [4.78, 5) is 13.7. The van der Waals surface area contributed by atoms with Gasteiger partial charge in [0.15, 0.2) is 0 Å². The van der Waals surface area contributed by atoms with Gasteiger partial charge in [-0.1, -0.05) is 12.1 Å². The fourth-order valence-electron chi connectivity index (χ4n) is 1.99. The van der Waals surface area contributed by atoms with Crippen LogP contribution in [0.4, 0.5) is 0 Å². The summed E-state index contributed by atoms with van der Waals surface area (Å²) in [7, 11) is -1.28. The predicted molar refractivity (Wildman–Crippen MR) is 79.2 cm³/mol. The number of morpholine rings is 1. The van der Waals surface area contributed by atoms with Crippen LogP contribution in [0.25, 0.3) is 0 Å². The molecule has 1 aliphatic heterocycles. The largest absolute Gasteiger partial charge is 0.478 e. The SMILES string of the molecule is Cl.O=C(O)c1ccccc1S(=O)CCN1CCOCC1. The lowest BCUT2D eigenvalue weighted by molar-refractivity contribution is 0.0409. The minimum Gasteiger partial charge on any atom is -0.478 e. The molecule has 1 heterocycles. The first-order valence-electron chi connectivity index (χ1n) is 6.19. The molecule has 0 bridgehead atoms. The van der Waals surface area contributed by atoms with Gasteiger partial charge in [0.25, 0.3) is 0 Å². The van der Waals surface area contributed by atoms with Crippen molar-refractivity contribution in [1.29, 1.82) is 0 Å². The smallest absolute Gasteiger partial charge is 0.336 e. The summed E-state index contributed by atoms with van der Waals surface area (Å²) in [6, 6.07) is 6.48. The van der Waals surface area contributed by atoms with E-state index in [4.69, 9.17) is 9.84 Å². The average molecular weight is 320 g/mol. The van der Waals surface area contributed by atoms with Gasteiger partial charge in [-0.25, -0.2) is 4.79 Å². The molecule has 7 heteroatoms. The molecule has 1 N–H and O–H groups in total. The molecule has 1 aromatic rings. The van der Waals surface area contributed by atoms with E-state index >= 15 is 0 Å². The van der Waals surface area contributed by atoms with Crippen molar-refractivity contribution >= 4 is 29.2 Å². The van der Waals surface area contributed by atoms with Crippen LogP contribution in [0.2, 0.25) is 0 Å². The molecule has 0 radical (unpaired) electrons. The summed E-state index contributed by atoms with van der Waals surface area (Å²) in [6.45, 7) is 3.80. The molecule has 1 aliphatic rings. The Morgan fingerprint density at radius 1 is 1.30 bits per heavy atom. The molecule has 1 aromatic carbocycles. The summed E-state index contributed by atoms with van der Waals surface area (Å²) >= 11 is 0. The molecule has 1 unspecified atom stereocenters. The van der Waals surface area contributed by atoms with Crippen LogP contribution in [0.1, 0.15) is 10.4 Å². The standard InChI is InChI=1S/C13H17NO4S.ClH/c15-13(16)11-3-1-2-4-12(11)19(17)10-7-14-5-8-18-9-6-14;/h1-4H,5-10H2,(H,15,16);1H. The van der Waals surface area contributed by atoms with E-state index in [-0.39, 0.29) is 18.0 Å². The van der Waals surface area contributed by atoms with Crippen molar-refractivity contribution in [2.24, 2.45) is 0 Å². The third-order valence-electron chi connectivity index (χ3n) is 3.06. The number of carbonyl (C=O) groups is 1. The molecular formula is C13H18ClNO4S. The van der Waals surface area contributed by atoms with Gasteiger partial charge in [-0.15, -0.1) is 12.4 Å². The van der Waals surface area contributed by atoms with Gasteiger partial charge in [-0.05, 0) is 12.1 Å². The molecular weight excluding hydrogens is 302 g/mol. The zero-order chi connectivity index (χ0) is 13.7. The van der Waals surface area contributed by atoms with Crippen LogP contribution in [-0.2, 0) is 15.5 Å². The molecule has 1 saturated heterocycles. The maximum absolute atomic E-state index is 12.2. The molecule has 1 atom stereocenters. The second-order valence-electron chi connectivity index (χ2n) is 4.30. The maximum Gasteiger partial charge on any atom is 0.336 e. The van der Waals surface area contributed by atoms with E-state index < -0.39 is 16.8 Å². The van der Waals surface area contributed by atoms with Crippen LogP contribution in [0.15, 0.2) is 29.2 Å². The molecule has 0 spiro atoms. The van der Waals surface area contributed by atoms with E-state index in [1.165, 1.54) is 6.07 Å². The number of carboxylic acids is 1. The number of benzene rings is 1. The normalized spacial score (nSPS) is 17.2. The van der Waals surface area contributed by atoms with Crippen LogP contribution in [0, 0.1) is 0 Å². The van der Waals surface area contributed by atoms with Gasteiger partial charge in [0.1, 0.15) is 0 Å². The summed E-state index contributed by atoms with van der Waals surface area (Å²) < 4.78 is 17.4. The van der Waals surface area contributed by atoms with Gasteiger partial charge in [0.05, 0.1) is 34.5 Å². The Balaban J connectivity index is 0.00000200. The van der Waals surface area contributed by atoms with Gasteiger partial charge in [-0.3, -0.25) is 9.11 Å². The van der Waals surface area contributed by atoms with E-state index in [9.17, 15) is 9.00 Å². The highest BCUT2D eigenvalue weighted by Crippen LogP contribution is 2.14. The van der Waals surface area contributed by atoms with Crippen LogP contribution >= 0.6 is 12.4 Å². The molecule has 0 amide bonds. The lowest BCUT2D eigenvalue weighted by Crippen LogP contribution is -2.38. The number of aromatic carboxylic acids is 1. The lowest BCUT2D eigenvalue weighted by atomic mass is 10.2. The fourth-order valence-corrected chi connectivity index (χ4v) is 3.26. The molecule has 5 nitrogen and oxygen atoms in total. The van der Waals surface area contributed by atoms with Crippen molar-refractivity contribution < 1.29 is 18.8 Å². The van der Waals surface area contributed by atoms with Crippen LogP contribution in [0.3, 0.4) is 0 Å². The second-order valence-corrected chi connectivity index (χ2v) is 5.84. The summed E-state index contributed by atoms with van der Waals surface area (Å²) in [5.41, 5.74) is 0.128. The Bertz CT molecular complexity index is 477. The minimum absolute atomic E-state index is 0. The van der Waals surface area contributed by atoms with Crippen LogP contribution < -0.4 is 0 Å². The van der Waals surface area contributed by atoms with Crippen molar-refractivity contribution in [3.63, 3.8) is 0 Å². The number of halogens is 1. The molecule has 20 heavy (non-hydrogen) atoms. The van der Waals surface area contributed by atoms with Crippen LogP contribution in [0.5, 0.6) is 0 Å². The van der Waals surface area contributed by atoms with E-state index in [1.807, 2.05) is 0 Å². The van der Waals surface area contributed by atoms with Crippen molar-refractivity contribution in [2.75, 3.05) is 38.6 Å². The fraction of sp³-hybridized carbons (Fsp3) is 0.462. The molecule has 112 valence electrons. The Kier molecular flexibility index (Phi) is 7.15. The highest BCUT2D eigenvalue weighted by atomic mass is 35.5. The summed E-state index contributed by atoms with van der Waals surface area (Å²) in [5.74, 6) is -0.583. The van der Waals surface area contributed by atoms with Gasteiger partial charge >= 0.3 is 5.97 Å². The molecule has 2 rings (SSSR count). The highest BCUT2D eigenvalue weighted by molar-refractivity contribution is 7.85. The number of ether oxygens (including phenoxy) is 1. The average Bonchev–Trinajstić information content (AvgIpc) is 2.46. The zero-order valence-electron chi connectivity index (χ0n) is 11.0. The second kappa shape index (κ2) is 8.36. The van der Waals surface area contributed by atoms with E-state index in [2.05, 4.69) is 4.90 Å². The zero-order valence-corrected chi connectivity index (χ0v) is 12.6. The van der Waals surface area contributed by atoms with Crippen molar-refractivity contribution in [3.05, 3.63) is 29.8 Å². The molecule has 0 saturated carbocycles. The third-order valence-corrected chi connectivity index (χ3v) is 4.46. The predicted octanol–water partition coefficient (Wildman–Crippen LogP) is 1.25. The number of carboxylic acid groups (broad SMARTS) is 1. The first-order valence-corrected chi connectivity index (χ1v) is 7.51. The minimum atomic E-state index is -1.28. The van der Waals surface area contributed by atoms with Crippen molar-refractivity contribution in [1.82, 2.24) is 4.90 Å². The molecule has 1 fully saturated rings. The summed E-state index contributed by atoms with van der Waals surface area (Å²) in [6.07, 6.45) is 0. The topological polar surface area (TPSA) is 66.8 Å². The quantitative estimate of drug-likeness (QED) is 0.884. The van der Waals surface area contributed by atoms with Crippen LogP contribution in [-0.4, -0.2) is 58.8 Å². The van der Waals surface area contributed by atoms with Crippen molar-refractivity contribution in [2.45, 2.75) is 4.90 Å². The maximum atomic E-state index is 12.2. The van der Waals surface area contributed by atoms with Gasteiger partial charge < -0.3 is 9.84 Å². The van der Waals surface area contributed by atoms with E-state index in [1.54, 1.807) is 18.2 Å². The Morgan fingerprint density at radius 3 is 2.60 bits per heavy atom. The third kappa shape index (κ3) is 4.56. The Labute approximate surface area is 126 Å². The van der Waals surface area contributed by atoms with Gasteiger partial charge in [0, 0.05) is 25.4 Å². The van der Waals surface area contributed by atoms with Crippen molar-refractivity contribution in [3.8, 4) is 0 Å². The Hall–Kier alpha value is -0.950. The Morgan fingerprint density at radius 2 is 1.95 bits per heavy atom. The number of hydrogen-bond acceptors (Lipinski definition) is 4. The highest BCUT2D eigenvalue weighted by Gasteiger charge is 2.16. The molecule has 0 aliphatic carbocycles. The number of rotatable bonds is 5. The molecule has 0 aromatic heterocycles. The van der Waals surface area contributed by atoms with E-state index in [0.29, 0.717) is 30.4 Å². The van der Waals surface area contributed by atoms with Gasteiger partial charge in [0.2, 0.25) is 0 Å². The number of hydrogen-bond donors (Lipinski definition) is 1. The lowest BCUT2D eigenvalue weighted by Gasteiger charge is -2.26. The summed E-state index contributed by atoms with van der Waals surface area (Å²) in [5, 5.41) is 9.07. The van der Waals surface area contributed by atoms with Gasteiger partial charge in [-0.2, -0.15) is 0 Å². The monoisotopic (exact) mass is 319 g/mol.